The molecular formula is C25H21NO2. The molecule has 1 N–H and O–H groups in total. The Balaban J connectivity index is 1.64. The summed E-state index contributed by atoms with van der Waals surface area (Å²) in [4.78, 5) is 12.0. The number of hydrogen-bond acceptors (Lipinski definition) is 2. The zero-order valence-corrected chi connectivity index (χ0v) is 15.9. The van der Waals surface area contributed by atoms with Crippen LogP contribution < -0.4 is 5.32 Å². The van der Waals surface area contributed by atoms with Crippen LogP contribution in [-0.4, -0.2) is 6.09 Å². The molecule has 1 saturated heterocycles. The monoisotopic (exact) mass is 367 g/mol. The highest BCUT2D eigenvalue weighted by molar-refractivity contribution is 5.71. The summed E-state index contributed by atoms with van der Waals surface area (Å²) >= 11 is 0. The number of rotatable bonds is 2. The van der Waals surface area contributed by atoms with Crippen LogP contribution in [0.15, 0.2) is 72.8 Å². The molecule has 1 fully saturated rings. The lowest BCUT2D eigenvalue weighted by Crippen LogP contribution is -2.19. The first-order valence-electron chi connectivity index (χ1n) is 9.31. The molecule has 1 aliphatic rings. The van der Waals surface area contributed by atoms with E-state index in [9.17, 15) is 4.79 Å². The van der Waals surface area contributed by atoms with Crippen molar-refractivity contribution in [3.8, 4) is 11.8 Å². The molecule has 3 aromatic carbocycles. The van der Waals surface area contributed by atoms with Crippen LogP contribution in [0.3, 0.4) is 0 Å². The van der Waals surface area contributed by atoms with Crippen LogP contribution in [0.5, 0.6) is 0 Å². The van der Waals surface area contributed by atoms with Gasteiger partial charge in [-0.25, -0.2) is 4.79 Å². The minimum atomic E-state index is -0.394. The van der Waals surface area contributed by atoms with Crippen molar-refractivity contribution < 1.29 is 9.53 Å². The van der Waals surface area contributed by atoms with Gasteiger partial charge >= 0.3 is 6.09 Å². The van der Waals surface area contributed by atoms with Crippen LogP contribution in [0.1, 0.15) is 45.5 Å². The molecule has 0 aliphatic carbocycles. The average molecular weight is 367 g/mol. The lowest BCUT2D eigenvalue weighted by Gasteiger charge is -2.19. The van der Waals surface area contributed by atoms with Crippen molar-refractivity contribution in [2.24, 2.45) is 0 Å². The summed E-state index contributed by atoms with van der Waals surface area (Å²) in [5, 5.41) is 2.94. The Kier molecular flexibility index (Phi) is 4.87. The van der Waals surface area contributed by atoms with Gasteiger partial charge in [-0.1, -0.05) is 60.4 Å². The molecule has 1 amide bonds. The van der Waals surface area contributed by atoms with Crippen molar-refractivity contribution in [2.45, 2.75) is 26.0 Å². The van der Waals surface area contributed by atoms with E-state index in [1.807, 2.05) is 60.7 Å². The highest BCUT2D eigenvalue weighted by atomic mass is 16.6. The number of amides is 1. The van der Waals surface area contributed by atoms with Crippen molar-refractivity contribution in [2.75, 3.05) is 0 Å². The van der Waals surface area contributed by atoms with Gasteiger partial charge in [-0.15, -0.1) is 0 Å². The number of alkyl carbamates (subject to hydrolysis) is 1. The van der Waals surface area contributed by atoms with E-state index in [-0.39, 0.29) is 12.1 Å². The predicted molar refractivity (Wildman–Crippen MR) is 110 cm³/mol. The molecule has 1 aliphatic heterocycles. The highest BCUT2D eigenvalue weighted by Gasteiger charge is 2.36. The van der Waals surface area contributed by atoms with E-state index >= 15 is 0 Å². The second-order valence-electron chi connectivity index (χ2n) is 7.03. The molecule has 0 saturated carbocycles. The Morgan fingerprint density at radius 2 is 1.54 bits per heavy atom. The third-order valence-corrected chi connectivity index (χ3v) is 5.04. The van der Waals surface area contributed by atoms with Crippen LogP contribution in [-0.2, 0) is 4.74 Å². The molecule has 0 radical (unpaired) electrons. The molecule has 3 aromatic rings. The molecule has 3 heteroatoms. The molecule has 0 bridgehead atoms. The maximum atomic E-state index is 12.0. The lowest BCUT2D eigenvalue weighted by atomic mass is 9.93. The Labute approximate surface area is 165 Å². The summed E-state index contributed by atoms with van der Waals surface area (Å²) in [5.74, 6) is 6.38. The van der Waals surface area contributed by atoms with Gasteiger partial charge in [0.1, 0.15) is 0 Å². The van der Waals surface area contributed by atoms with Gasteiger partial charge in [0, 0.05) is 11.1 Å². The zero-order chi connectivity index (χ0) is 19.5. The number of cyclic esters (lactones) is 1. The number of benzene rings is 3. The van der Waals surface area contributed by atoms with E-state index < -0.39 is 6.09 Å². The van der Waals surface area contributed by atoms with Crippen LogP contribution in [0, 0.1) is 25.7 Å². The topological polar surface area (TPSA) is 38.3 Å². The van der Waals surface area contributed by atoms with Crippen LogP contribution >= 0.6 is 0 Å². The van der Waals surface area contributed by atoms with Gasteiger partial charge in [-0.05, 0) is 60.4 Å². The maximum absolute atomic E-state index is 12.0. The van der Waals surface area contributed by atoms with Gasteiger partial charge in [-0.3, -0.25) is 0 Å². The molecule has 3 nitrogen and oxygen atoms in total. The van der Waals surface area contributed by atoms with Crippen molar-refractivity contribution in [1.82, 2.24) is 5.32 Å². The summed E-state index contributed by atoms with van der Waals surface area (Å²) in [6.07, 6.45) is -0.752. The van der Waals surface area contributed by atoms with E-state index in [2.05, 4.69) is 43.1 Å². The molecule has 4 rings (SSSR count). The fourth-order valence-electron chi connectivity index (χ4n) is 3.36. The molecular weight excluding hydrogens is 346 g/mol. The number of ether oxygens (including phenoxy) is 1. The van der Waals surface area contributed by atoms with Gasteiger partial charge < -0.3 is 10.1 Å². The van der Waals surface area contributed by atoms with E-state index in [4.69, 9.17) is 4.74 Å². The van der Waals surface area contributed by atoms with Crippen molar-refractivity contribution in [1.29, 1.82) is 0 Å². The Bertz CT molecular complexity index is 1080. The Morgan fingerprint density at radius 3 is 2.32 bits per heavy atom. The first kappa shape index (κ1) is 17.9. The fraction of sp³-hybridized carbons (Fsp3) is 0.160. The van der Waals surface area contributed by atoms with Gasteiger partial charge in [-0.2, -0.15) is 0 Å². The molecule has 138 valence electrons. The van der Waals surface area contributed by atoms with Crippen molar-refractivity contribution in [3.63, 3.8) is 0 Å². The summed E-state index contributed by atoms with van der Waals surface area (Å²) in [6, 6.07) is 23.8. The van der Waals surface area contributed by atoms with E-state index in [0.29, 0.717) is 0 Å². The van der Waals surface area contributed by atoms with Gasteiger partial charge in [0.15, 0.2) is 6.10 Å². The molecule has 1 heterocycles. The van der Waals surface area contributed by atoms with Crippen LogP contribution in [0.4, 0.5) is 4.79 Å². The summed E-state index contributed by atoms with van der Waals surface area (Å²) in [5.41, 5.74) is 6.25. The van der Waals surface area contributed by atoms with Crippen molar-refractivity contribution >= 4 is 6.09 Å². The standard InChI is InChI=1S/C25H21NO2/c1-17-11-14-22(15-18(17)2)24-23(26-25(27)28-24)21-10-6-9-20(16-21)13-12-19-7-4-3-5-8-19/h3-11,14-16,23-24H,1-2H3,(H,26,27)/t23-,24?/m1/s1. The Morgan fingerprint density at radius 1 is 0.786 bits per heavy atom. The summed E-state index contributed by atoms with van der Waals surface area (Å²) < 4.78 is 5.59. The second-order valence-corrected chi connectivity index (χ2v) is 7.03. The van der Waals surface area contributed by atoms with Gasteiger partial charge in [0.05, 0.1) is 6.04 Å². The molecule has 2 atom stereocenters. The van der Waals surface area contributed by atoms with E-state index in [1.165, 1.54) is 11.1 Å². The summed E-state index contributed by atoms with van der Waals surface area (Å²) in [6.45, 7) is 4.14. The van der Waals surface area contributed by atoms with Crippen molar-refractivity contribution in [3.05, 3.63) is 106 Å². The lowest BCUT2D eigenvalue weighted by molar-refractivity contribution is 0.132. The summed E-state index contributed by atoms with van der Waals surface area (Å²) in [7, 11) is 0. The molecule has 28 heavy (non-hydrogen) atoms. The van der Waals surface area contributed by atoms with Gasteiger partial charge in [0.25, 0.3) is 0 Å². The first-order valence-corrected chi connectivity index (χ1v) is 9.31. The zero-order valence-electron chi connectivity index (χ0n) is 15.9. The smallest absolute Gasteiger partial charge is 0.408 e. The highest BCUT2D eigenvalue weighted by Crippen LogP contribution is 2.37. The molecule has 0 aromatic heterocycles. The number of aryl methyl sites for hydroxylation is 2. The normalized spacial score (nSPS) is 18.0. The molecule has 0 spiro atoms. The van der Waals surface area contributed by atoms with E-state index in [0.717, 1.165) is 22.3 Å². The van der Waals surface area contributed by atoms with Crippen LogP contribution in [0.25, 0.3) is 0 Å². The number of carbonyl (C=O) groups is 1. The fourth-order valence-corrected chi connectivity index (χ4v) is 3.36. The van der Waals surface area contributed by atoms with Crippen LogP contribution in [0.2, 0.25) is 0 Å². The maximum Gasteiger partial charge on any atom is 0.408 e. The first-order chi connectivity index (χ1) is 13.6. The minimum absolute atomic E-state index is 0.243. The number of carbonyl (C=O) groups excluding carboxylic acids is 1. The molecule has 1 unspecified atom stereocenters. The third kappa shape index (κ3) is 3.77. The Hall–Kier alpha value is -3.51. The predicted octanol–water partition coefficient (Wildman–Crippen LogP) is 5.23. The largest absolute Gasteiger partial charge is 0.439 e. The van der Waals surface area contributed by atoms with E-state index in [1.54, 1.807) is 0 Å². The minimum Gasteiger partial charge on any atom is -0.439 e. The third-order valence-electron chi connectivity index (χ3n) is 5.04. The quantitative estimate of drug-likeness (QED) is 0.630. The second kappa shape index (κ2) is 7.62. The number of nitrogens with one attached hydrogen (secondary N) is 1. The number of hydrogen-bond donors (Lipinski definition) is 1. The average Bonchev–Trinajstić information content (AvgIpc) is 3.11. The van der Waals surface area contributed by atoms with Gasteiger partial charge in [0.2, 0.25) is 0 Å². The SMILES string of the molecule is Cc1ccc(C2OC(=O)N[C@@H]2c2cccc(C#Cc3ccccc3)c2)cc1C.